The summed E-state index contributed by atoms with van der Waals surface area (Å²) in [5, 5.41) is 0.789. The molecule has 8 nitrogen and oxygen atoms in total. The van der Waals surface area contributed by atoms with Crippen molar-refractivity contribution < 1.29 is 18.7 Å². The van der Waals surface area contributed by atoms with Crippen LogP contribution in [0.2, 0.25) is 5.02 Å². The summed E-state index contributed by atoms with van der Waals surface area (Å²) in [6.45, 7) is 5.14. The first kappa shape index (κ1) is 25.7. The van der Waals surface area contributed by atoms with Crippen molar-refractivity contribution in [3.63, 3.8) is 0 Å². The van der Waals surface area contributed by atoms with Crippen LogP contribution in [-0.2, 0) is 4.74 Å². The zero-order valence-electron chi connectivity index (χ0n) is 20.7. The van der Waals surface area contributed by atoms with E-state index < -0.39 is 5.82 Å². The summed E-state index contributed by atoms with van der Waals surface area (Å²) >= 11 is 9.57. The Morgan fingerprint density at radius 1 is 1.25 bits per heavy atom. The highest BCUT2D eigenvalue weighted by Crippen LogP contribution is 2.39. The lowest BCUT2D eigenvalue weighted by atomic mass is 10.1. The first-order valence-electron chi connectivity index (χ1n) is 12.8. The van der Waals surface area contributed by atoms with Gasteiger partial charge in [-0.15, -0.1) is 0 Å². The minimum atomic E-state index is -0.537. The molecule has 0 aliphatic carbocycles. The molecule has 3 atom stereocenters. The number of fused-ring (bicyclic) bond motifs is 3. The van der Waals surface area contributed by atoms with Gasteiger partial charge in [0.1, 0.15) is 17.9 Å². The number of anilines is 1. The first-order chi connectivity index (χ1) is 17.4. The van der Waals surface area contributed by atoms with Crippen molar-refractivity contribution in [1.82, 2.24) is 19.8 Å². The molecule has 2 bridgehead atoms. The number of ether oxygens (including phenoxy) is 2. The van der Waals surface area contributed by atoms with E-state index in [9.17, 15) is 4.79 Å². The number of hydrogen-bond acceptors (Lipinski definition) is 7. The van der Waals surface area contributed by atoms with Crippen LogP contribution >= 0.6 is 27.5 Å². The van der Waals surface area contributed by atoms with E-state index in [0.29, 0.717) is 37.5 Å². The number of likely N-dealkylation sites (N-methyl/N-ethyl adjacent to an activating group) is 1. The Morgan fingerprint density at radius 3 is 2.67 bits per heavy atom. The number of likely N-dealkylation sites (tertiary alicyclic amines) is 1. The second-order valence-corrected chi connectivity index (χ2v) is 11.2. The van der Waals surface area contributed by atoms with Crippen molar-refractivity contribution >= 4 is 50.3 Å². The van der Waals surface area contributed by atoms with Gasteiger partial charge in [-0.2, -0.15) is 9.97 Å². The number of halogens is 3. The van der Waals surface area contributed by atoms with Crippen molar-refractivity contribution in [2.24, 2.45) is 0 Å². The molecule has 0 saturated carbocycles. The minimum absolute atomic E-state index is 0.00941. The second kappa shape index (κ2) is 10.8. The Bertz CT molecular complexity index is 1130. The van der Waals surface area contributed by atoms with Crippen LogP contribution in [0.25, 0.3) is 10.9 Å². The number of unbranched alkanes of at least 4 members (excludes halogenated alkanes) is 1. The van der Waals surface area contributed by atoms with E-state index in [0.717, 1.165) is 45.1 Å². The van der Waals surface area contributed by atoms with Gasteiger partial charge >= 0.3 is 12.1 Å². The molecule has 0 spiro atoms. The third-order valence-corrected chi connectivity index (χ3v) is 8.88. The second-order valence-electron chi connectivity index (χ2n) is 9.97. The Labute approximate surface area is 224 Å². The van der Waals surface area contributed by atoms with Gasteiger partial charge in [0.25, 0.3) is 0 Å². The highest BCUT2D eigenvalue weighted by atomic mass is 79.9. The van der Waals surface area contributed by atoms with Gasteiger partial charge in [0, 0.05) is 24.5 Å². The molecule has 0 N–H and O–H groups in total. The smallest absolute Gasteiger partial charge is 0.410 e. The molecule has 3 fully saturated rings. The van der Waals surface area contributed by atoms with Gasteiger partial charge < -0.3 is 19.3 Å². The fourth-order valence-electron chi connectivity index (χ4n) is 5.56. The SMILES string of the molecule is CCCCOC(=O)N1[C@@H]2CC[C@H]1CN(c1nc(OC[C@@H]3CCCN3C)nc3c(F)c(Br)c(Cl)cc13)C2. The molecule has 3 saturated heterocycles. The number of carbonyl (C=O) groups is 1. The van der Waals surface area contributed by atoms with Gasteiger partial charge in [-0.3, -0.25) is 4.90 Å². The van der Waals surface area contributed by atoms with Crippen LogP contribution in [0.4, 0.5) is 15.0 Å². The summed E-state index contributed by atoms with van der Waals surface area (Å²) in [5.74, 6) is 0.0454. The topological polar surface area (TPSA) is 71.0 Å². The van der Waals surface area contributed by atoms with Crippen LogP contribution in [0.1, 0.15) is 45.4 Å². The number of piperazine rings is 1. The van der Waals surface area contributed by atoms with E-state index in [1.54, 1.807) is 6.07 Å². The lowest BCUT2D eigenvalue weighted by Crippen LogP contribution is -2.56. The van der Waals surface area contributed by atoms with Crippen molar-refractivity contribution in [3.05, 3.63) is 21.4 Å². The number of aromatic nitrogens is 2. The van der Waals surface area contributed by atoms with Crippen LogP contribution < -0.4 is 9.64 Å². The molecule has 5 rings (SSSR count). The van der Waals surface area contributed by atoms with E-state index in [1.807, 2.05) is 4.90 Å². The molecule has 1 aromatic carbocycles. The van der Waals surface area contributed by atoms with Gasteiger partial charge in [0.2, 0.25) is 0 Å². The Kier molecular flexibility index (Phi) is 7.74. The average molecular weight is 585 g/mol. The maximum atomic E-state index is 15.3. The highest BCUT2D eigenvalue weighted by Gasteiger charge is 2.44. The zero-order valence-corrected chi connectivity index (χ0v) is 23.0. The van der Waals surface area contributed by atoms with Gasteiger partial charge in [0.15, 0.2) is 5.82 Å². The number of nitrogens with zero attached hydrogens (tertiary/aromatic N) is 5. The van der Waals surface area contributed by atoms with Crippen LogP contribution in [0.5, 0.6) is 6.01 Å². The Hall–Kier alpha value is -1.91. The summed E-state index contributed by atoms with van der Waals surface area (Å²) in [7, 11) is 2.08. The molecule has 1 aromatic heterocycles. The molecule has 11 heteroatoms. The summed E-state index contributed by atoms with van der Waals surface area (Å²) in [4.78, 5) is 28.2. The quantitative estimate of drug-likeness (QED) is 0.325. The first-order valence-corrected chi connectivity index (χ1v) is 13.9. The lowest BCUT2D eigenvalue weighted by molar-refractivity contribution is 0.0776. The molecule has 3 aliphatic heterocycles. The van der Waals surface area contributed by atoms with Crippen molar-refractivity contribution in [1.29, 1.82) is 0 Å². The summed E-state index contributed by atoms with van der Waals surface area (Å²) < 4.78 is 27.0. The zero-order chi connectivity index (χ0) is 25.4. The van der Waals surface area contributed by atoms with Crippen LogP contribution in [0.15, 0.2) is 10.5 Å². The third kappa shape index (κ3) is 4.96. The van der Waals surface area contributed by atoms with Crippen LogP contribution in [0, 0.1) is 5.82 Å². The normalized spacial score (nSPS) is 24.1. The highest BCUT2D eigenvalue weighted by molar-refractivity contribution is 9.10. The Balaban J connectivity index is 1.43. The van der Waals surface area contributed by atoms with Gasteiger partial charge in [-0.1, -0.05) is 24.9 Å². The maximum absolute atomic E-state index is 15.3. The Morgan fingerprint density at radius 2 is 2.00 bits per heavy atom. The van der Waals surface area contributed by atoms with E-state index >= 15 is 4.39 Å². The molecule has 4 heterocycles. The van der Waals surface area contributed by atoms with Gasteiger partial charge in [-0.25, -0.2) is 9.18 Å². The molecule has 0 radical (unpaired) electrons. The number of hydrogen-bond donors (Lipinski definition) is 0. The molecule has 0 unspecified atom stereocenters. The van der Waals surface area contributed by atoms with Crippen molar-refractivity contribution in [2.75, 3.05) is 44.8 Å². The molecule has 2 aromatic rings. The monoisotopic (exact) mass is 583 g/mol. The summed E-state index contributed by atoms with van der Waals surface area (Å²) in [6, 6.07) is 2.15. The molecule has 3 aliphatic rings. The number of carbonyl (C=O) groups excluding carboxylic acids is 1. The summed E-state index contributed by atoms with van der Waals surface area (Å²) in [5.41, 5.74) is 0.166. The maximum Gasteiger partial charge on any atom is 0.410 e. The van der Waals surface area contributed by atoms with Crippen molar-refractivity contribution in [2.45, 2.75) is 63.6 Å². The number of benzene rings is 1. The number of rotatable bonds is 7. The minimum Gasteiger partial charge on any atom is -0.462 e. The molecular formula is C25H32BrClFN5O3. The predicted octanol–water partition coefficient (Wildman–Crippen LogP) is 5.25. The summed E-state index contributed by atoms with van der Waals surface area (Å²) in [6.07, 6.45) is 5.55. The van der Waals surface area contributed by atoms with Crippen LogP contribution in [0.3, 0.4) is 0 Å². The molecule has 36 heavy (non-hydrogen) atoms. The van der Waals surface area contributed by atoms with Crippen LogP contribution in [-0.4, -0.2) is 83.9 Å². The largest absolute Gasteiger partial charge is 0.462 e. The van der Waals surface area contributed by atoms with E-state index in [1.165, 1.54) is 0 Å². The fourth-order valence-corrected chi connectivity index (χ4v) is 6.05. The third-order valence-electron chi connectivity index (χ3n) is 7.58. The molecule has 1 amide bonds. The van der Waals surface area contributed by atoms with Gasteiger partial charge in [-0.05, 0) is 67.7 Å². The van der Waals surface area contributed by atoms with Gasteiger partial charge in [0.05, 0.1) is 28.2 Å². The van der Waals surface area contributed by atoms with E-state index in [2.05, 4.69) is 44.7 Å². The number of amides is 1. The average Bonchev–Trinajstić information content (AvgIpc) is 3.40. The van der Waals surface area contributed by atoms with Crippen molar-refractivity contribution in [3.8, 4) is 6.01 Å². The van der Waals surface area contributed by atoms with E-state index in [4.69, 9.17) is 26.1 Å². The lowest BCUT2D eigenvalue weighted by Gasteiger charge is -2.41. The molecule has 196 valence electrons. The standard InChI is InChI=1S/C25H32BrClFN5O3/c1-3-4-10-35-25(34)33-15-7-8-16(33)13-32(12-15)23-18-11-19(27)20(26)21(28)22(18)29-24(30-23)36-14-17-6-5-9-31(17)2/h11,15-17H,3-10,12-14H2,1-2H3/t15-,16+,17-/m0/s1. The molecular weight excluding hydrogens is 553 g/mol. The predicted molar refractivity (Wildman–Crippen MR) is 140 cm³/mol. The van der Waals surface area contributed by atoms with E-state index in [-0.39, 0.29) is 45.2 Å². The fraction of sp³-hybridized carbons (Fsp3) is 0.640.